The Bertz CT molecular complexity index is 400. The standard InChI is InChI=1S/C13H20N4O/c14-16-13(18)12-4-1-3-11(9-12)10-17-7-2-5-15-6-8-17/h1,3-4,9,15H,2,5-8,10,14H2,(H,16,18). The van der Waals surface area contributed by atoms with Gasteiger partial charge in [0.1, 0.15) is 0 Å². The van der Waals surface area contributed by atoms with Crippen molar-refractivity contribution < 1.29 is 4.79 Å². The van der Waals surface area contributed by atoms with Gasteiger partial charge in [-0.2, -0.15) is 0 Å². The fourth-order valence-corrected chi connectivity index (χ4v) is 2.21. The van der Waals surface area contributed by atoms with E-state index < -0.39 is 0 Å². The topological polar surface area (TPSA) is 70.4 Å². The van der Waals surface area contributed by atoms with Crippen molar-refractivity contribution >= 4 is 5.91 Å². The van der Waals surface area contributed by atoms with Crippen LogP contribution in [0, 0.1) is 0 Å². The first-order chi connectivity index (χ1) is 8.79. The van der Waals surface area contributed by atoms with Crippen LogP contribution in [-0.2, 0) is 6.54 Å². The summed E-state index contributed by atoms with van der Waals surface area (Å²) in [5, 5.41) is 3.38. The minimum atomic E-state index is -0.241. The molecule has 1 aliphatic rings. The molecule has 0 radical (unpaired) electrons. The zero-order valence-electron chi connectivity index (χ0n) is 10.5. The maximum absolute atomic E-state index is 11.5. The molecular weight excluding hydrogens is 228 g/mol. The summed E-state index contributed by atoms with van der Waals surface area (Å²) in [6.45, 7) is 5.15. The van der Waals surface area contributed by atoms with E-state index in [9.17, 15) is 4.79 Å². The Morgan fingerprint density at radius 3 is 3.11 bits per heavy atom. The molecule has 0 aliphatic carbocycles. The monoisotopic (exact) mass is 248 g/mol. The molecule has 18 heavy (non-hydrogen) atoms. The Morgan fingerprint density at radius 2 is 2.28 bits per heavy atom. The highest BCUT2D eigenvalue weighted by Crippen LogP contribution is 2.09. The zero-order valence-corrected chi connectivity index (χ0v) is 10.5. The number of hydrogen-bond acceptors (Lipinski definition) is 4. The molecule has 4 N–H and O–H groups in total. The molecule has 0 aromatic heterocycles. The van der Waals surface area contributed by atoms with Gasteiger partial charge in [-0.1, -0.05) is 12.1 Å². The number of nitrogen functional groups attached to an aromatic ring is 1. The molecule has 5 nitrogen and oxygen atoms in total. The second-order valence-corrected chi connectivity index (χ2v) is 4.55. The number of nitrogens with two attached hydrogens (primary N) is 1. The van der Waals surface area contributed by atoms with E-state index in [4.69, 9.17) is 5.84 Å². The molecule has 0 saturated carbocycles. The molecule has 1 aromatic rings. The molecule has 0 atom stereocenters. The Labute approximate surface area is 107 Å². The quantitative estimate of drug-likeness (QED) is 0.403. The van der Waals surface area contributed by atoms with E-state index in [1.165, 1.54) is 6.42 Å². The van der Waals surface area contributed by atoms with Crippen LogP contribution in [0.3, 0.4) is 0 Å². The van der Waals surface area contributed by atoms with Crippen molar-refractivity contribution in [1.29, 1.82) is 0 Å². The maximum atomic E-state index is 11.5. The van der Waals surface area contributed by atoms with Gasteiger partial charge in [0, 0.05) is 25.2 Å². The summed E-state index contributed by atoms with van der Waals surface area (Å²) < 4.78 is 0. The van der Waals surface area contributed by atoms with Crippen molar-refractivity contribution in [2.24, 2.45) is 5.84 Å². The lowest BCUT2D eigenvalue weighted by Gasteiger charge is -2.19. The molecule has 5 heteroatoms. The molecular formula is C13H20N4O. The third-order valence-electron chi connectivity index (χ3n) is 3.16. The third-order valence-corrected chi connectivity index (χ3v) is 3.16. The highest BCUT2D eigenvalue weighted by molar-refractivity contribution is 5.93. The SMILES string of the molecule is NNC(=O)c1cccc(CN2CCCNCC2)c1. The predicted molar refractivity (Wildman–Crippen MR) is 70.9 cm³/mol. The zero-order chi connectivity index (χ0) is 12.8. The van der Waals surface area contributed by atoms with Gasteiger partial charge in [-0.3, -0.25) is 15.1 Å². The lowest BCUT2D eigenvalue weighted by Crippen LogP contribution is -2.30. The summed E-state index contributed by atoms with van der Waals surface area (Å²) in [6, 6.07) is 7.62. The van der Waals surface area contributed by atoms with E-state index in [1.807, 2.05) is 18.2 Å². The van der Waals surface area contributed by atoms with Gasteiger partial charge in [-0.25, -0.2) is 5.84 Å². The number of hydrazine groups is 1. The van der Waals surface area contributed by atoms with Gasteiger partial charge in [0.2, 0.25) is 0 Å². The lowest BCUT2D eigenvalue weighted by atomic mass is 10.1. The number of nitrogens with one attached hydrogen (secondary N) is 2. The van der Waals surface area contributed by atoms with Crippen LogP contribution in [0.4, 0.5) is 0 Å². The summed E-state index contributed by atoms with van der Waals surface area (Å²) >= 11 is 0. The molecule has 1 aliphatic heterocycles. The van der Waals surface area contributed by atoms with Crippen molar-refractivity contribution in [2.45, 2.75) is 13.0 Å². The van der Waals surface area contributed by atoms with Crippen LogP contribution in [0.5, 0.6) is 0 Å². The summed E-state index contributed by atoms with van der Waals surface area (Å²) in [6.07, 6.45) is 1.17. The van der Waals surface area contributed by atoms with Gasteiger partial charge < -0.3 is 5.32 Å². The van der Waals surface area contributed by atoms with E-state index in [-0.39, 0.29) is 5.91 Å². The average molecular weight is 248 g/mol. The molecule has 1 amide bonds. The predicted octanol–water partition coefficient (Wildman–Crippen LogP) is 0.0854. The number of carbonyl (C=O) groups is 1. The molecule has 98 valence electrons. The first-order valence-corrected chi connectivity index (χ1v) is 6.32. The summed E-state index contributed by atoms with van der Waals surface area (Å²) in [5.74, 6) is 4.90. The number of hydrogen-bond donors (Lipinski definition) is 3. The van der Waals surface area contributed by atoms with Crippen LogP contribution in [0.2, 0.25) is 0 Å². The van der Waals surface area contributed by atoms with Crippen LogP contribution in [0.25, 0.3) is 0 Å². The van der Waals surface area contributed by atoms with Crippen LogP contribution in [0.15, 0.2) is 24.3 Å². The van der Waals surface area contributed by atoms with Gasteiger partial charge in [-0.15, -0.1) is 0 Å². The van der Waals surface area contributed by atoms with E-state index >= 15 is 0 Å². The number of rotatable bonds is 3. The Kier molecular flexibility index (Phi) is 4.69. The molecule has 0 bridgehead atoms. The molecule has 1 saturated heterocycles. The first kappa shape index (κ1) is 13.0. The fourth-order valence-electron chi connectivity index (χ4n) is 2.21. The fraction of sp³-hybridized carbons (Fsp3) is 0.462. The van der Waals surface area contributed by atoms with E-state index in [1.54, 1.807) is 6.07 Å². The van der Waals surface area contributed by atoms with Crippen molar-refractivity contribution in [3.05, 3.63) is 35.4 Å². The van der Waals surface area contributed by atoms with Crippen molar-refractivity contribution in [2.75, 3.05) is 26.2 Å². The van der Waals surface area contributed by atoms with Crippen molar-refractivity contribution in [1.82, 2.24) is 15.6 Å². The third kappa shape index (κ3) is 3.53. The number of carbonyl (C=O) groups excluding carboxylic acids is 1. The van der Waals surface area contributed by atoms with Gasteiger partial charge in [0.15, 0.2) is 0 Å². The minimum absolute atomic E-state index is 0.241. The summed E-state index contributed by atoms with van der Waals surface area (Å²) in [4.78, 5) is 13.9. The van der Waals surface area contributed by atoms with Gasteiger partial charge >= 0.3 is 0 Å². The second kappa shape index (κ2) is 6.49. The number of amides is 1. The highest BCUT2D eigenvalue weighted by atomic mass is 16.2. The molecule has 0 spiro atoms. The van der Waals surface area contributed by atoms with Gasteiger partial charge in [-0.05, 0) is 37.2 Å². The Hall–Kier alpha value is -1.43. The van der Waals surface area contributed by atoms with Crippen LogP contribution < -0.4 is 16.6 Å². The minimum Gasteiger partial charge on any atom is -0.315 e. The van der Waals surface area contributed by atoms with Crippen molar-refractivity contribution in [3.63, 3.8) is 0 Å². The molecule has 1 fully saturated rings. The number of benzene rings is 1. The highest BCUT2D eigenvalue weighted by Gasteiger charge is 2.10. The summed E-state index contributed by atoms with van der Waals surface area (Å²) in [5.41, 5.74) is 3.92. The smallest absolute Gasteiger partial charge is 0.265 e. The van der Waals surface area contributed by atoms with Gasteiger partial charge in [0.05, 0.1) is 0 Å². The maximum Gasteiger partial charge on any atom is 0.265 e. The van der Waals surface area contributed by atoms with Crippen LogP contribution in [-0.4, -0.2) is 37.0 Å². The van der Waals surface area contributed by atoms with E-state index in [2.05, 4.69) is 15.6 Å². The second-order valence-electron chi connectivity index (χ2n) is 4.55. The summed E-state index contributed by atoms with van der Waals surface area (Å²) in [7, 11) is 0. The van der Waals surface area contributed by atoms with E-state index in [0.29, 0.717) is 5.56 Å². The average Bonchev–Trinajstić information content (AvgIpc) is 2.67. The Balaban J connectivity index is 2.01. The Morgan fingerprint density at radius 1 is 1.39 bits per heavy atom. The largest absolute Gasteiger partial charge is 0.315 e. The molecule has 2 rings (SSSR count). The normalized spacial score (nSPS) is 17.2. The number of nitrogens with zero attached hydrogens (tertiary/aromatic N) is 1. The van der Waals surface area contributed by atoms with Gasteiger partial charge in [0.25, 0.3) is 5.91 Å². The molecule has 1 aromatic carbocycles. The van der Waals surface area contributed by atoms with Crippen LogP contribution >= 0.6 is 0 Å². The van der Waals surface area contributed by atoms with E-state index in [0.717, 1.165) is 38.3 Å². The van der Waals surface area contributed by atoms with Crippen LogP contribution in [0.1, 0.15) is 22.3 Å². The first-order valence-electron chi connectivity index (χ1n) is 6.32. The lowest BCUT2D eigenvalue weighted by molar-refractivity contribution is 0.0953. The molecule has 0 unspecified atom stereocenters. The molecule has 1 heterocycles. The van der Waals surface area contributed by atoms with Crippen molar-refractivity contribution in [3.8, 4) is 0 Å².